The topological polar surface area (TPSA) is 17.1 Å². The molecule has 0 rings (SSSR count). The van der Waals surface area contributed by atoms with E-state index in [9.17, 15) is 4.79 Å². The summed E-state index contributed by atoms with van der Waals surface area (Å²) in [6, 6.07) is 0. The predicted molar refractivity (Wildman–Crippen MR) is 80.7 cm³/mol. The highest BCUT2D eigenvalue weighted by molar-refractivity contribution is 5.85. The Balaban J connectivity index is 4.79. The SMILES string of the molecule is CCCCC(CC(C)(C)C)C(C)C(=O)C(C)(C)C. The lowest BCUT2D eigenvalue weighted by molar-refractivity contribution is -0.132. The number of rotatable bonds is 6. The van der Waals surface area contributed by atoms with Crippen LogP contribution in [0.1, 0.15) is 81.1 Å². The molecule has 1 nitrogen and oxygen atoms in total. The van der Waals surface area contributed by atoms with Gasteiger partial charge in [-0.1, -0.05) is 68.2 Å². The van der Waals surface area contributed by atoms with E-state index >= 15 is 0 Å². The Morgan fingerprint density at radius 2 is 1.56 bits per heavy atom. The van der Waals surface area contributed by atoms with Crippen molar-refractivity contribution in [2.24, 2.45) is 22.7 Å². The molecule has 2 unspecified atom stereocenters. The summed E-state index contributed by atoms with van der Waals surface area (Å²) in [5.74, 6) is 1.15. The van der Waals surface area contributed by atoms with Crippen LogP contribution in [0.15, 0.2) is 0 Å². The first-order valence-electron chi connectivity index (χ1n) is 7.53. The lowest BCUT2D eigenvalue weighted by Gasteiger charge is -2.33. The van der Waals surface area contributed by atoms with Crippen LogP contribution < -0.4 is 0 Å². The fourth-order valence-corrected chi connectivity index (χ4v) is 2.68. The van der Waals surface area contributed by atoms with Gasteiger partial charge >= 0.3 is 0 Å². The monoisotopic (exact) mass is 254 g/mol. The number of hydrogen-bond donors (Lipinski definition) is 0. The third-order valence-corrected chi connectivity index (χ3v) is 3.66. The second-order valence-electron chi connectivity index (χ2n) is 8.07. The lowest BCUT2D eigenvalue weighted by Crippen LogP contribution is -2.33. The molecular formula is C17H34O. The second kappa shape index (κ2) is 6.73. The zero-order valence-electron chi connectivity index (χ0n) is 13.9. The molecule has 108 valence electrons. The van der Waals surface area contributed by atoms with Crippen LogP contribution in [0, 0.1) is 22.7 Å². The zero-order valence-corrected chi connectivity index (χ0v) is 13.9. The minimum absolute atomic E-state index is 0.191. The molecule has 0 N–H and O–H groups in total. The molecule has 0 amide bonds. The highest BCUT2D eigenvalue weighted by Crippen LogP contribution is 2.35. The van der Waals surface area contributed by atoms with Crippen LogP contribution in [0.25, 0.3) is 0 Å². The van der Waals surface area contributed by atoms with E-state index in [2.05, 4.69) is 34.6 Å². The van der Waals surface area contributed by atoms with E-state index in [1.165, 1.54) is 19.3 Å². The maximum Gasteiger partial charge on any atom is 0.141 e. The lowest BCUT2D eigenvalue weighted by atomic mass is 9.71. The zero-order chi connectivity index (χ0) is 14.6. The number of carbonyl (C=O) groups excluding carboxylic acids is 1. The van der Waals surface area contributed by atoms with E-state index in [-0.39, 0.29) is 11.3 Å². The molecule has 0 aromatic heterocycles. The Morgan fingerprint density at radius 1 is 1.06 bits per heavy atom. The second-order valence-corrected chi connectivity index (χ2v) is 8.07. The van der Waals surface area contributed by atoms with Gasteiger partial charge in [0.2, 0.25) is 0 Å². The molecule has 18 heavy (non-hydrogen) atoms. The van der Waals surface area contributed by atoms with E-state index in [1.54, 1.807) is 0 Å². The molecule has 0 aromatic carbocycles. The Bertz CT molecular complexity index is 252. The fourth-order valence-electron chi connectivity index (χ4n) is 2.68. The molecule has 0 aliphatic carbocycles. The van der Waals surface area contributed by atoms with E-state index < -0.39 is 0 Å². The van der Waals surface area contributed by atoms with Crippen molar-refractivity contribution < 1.29 is 4.79 Å². The number of unbranched alkanes of at least 4 members (excludes halogenated alkanes) is 1. The molecule has 0 aromatic rings. The first kappa shape index (κ1) is 17.7. The standard InChI is InChI=1S/C17H34O/c1-9-10-11-14(12-16(3,4)5)13(2)15(18)17(6,7)8/h13-14H,9-12H2,1-8H3. The summed E-state index contributed by atoms with van der Waals surface area (Å²) >= 11 is 0. The van der Waals surface area contributed by atoms with Crippen molar-refractivity contribution in [1.82, 2.24) is 0 Å². The van der Waals surface area contributed by atoms with Crippen molar-refractivity contribution >= 4 is 5.78 Å². The van der Waals surface area contributed by atoms with Crippen molar-refractivity contribution in [2.75, 3.05) is 0 Å². The van der Waals surface area contributed by atoms with Crippen molar-refractivity contribution in [2.45, 2.75) is 81.1 Å². The fraction of sp³-hybridized carbons (Fsp3) is 0.941. The van der Waals surface area contributed by atoms with Crippen LogP contribution in [0.2, 0.25) is 0 Å². The van der Waals surface area contributed by atoms with E-state index in [0.29, 0.717) is 17.1 Å². The molecule has 0 aliphatic rings. The number of carbonyl (C=O) groups is 1. The third-order valence-electron chi connectivity index (χ3n) is 3.66. The molecule has 0 spiro atoms. The van der Waals surface area contributed by atoms with Crippen molar-refractivity contribution in [3.63, 3.8) is 0 Å². The summed E-state index contributed by atoms with van der Waals surface area (Å²) in [6.07, 6.45) is 4.80. The summed E-state index contributed by atoms with van der Waals surface area (Å²) in [5, 5.41) is 0. The van der Waals surface area contributed by atoms with Crippen LogP contribution in [0.3, 0.4) is 0 Å². The highest BCUT2D eigenvalue weighted by Gasteiger charge is 2.33. The first-order valence-corrected chi connectivity index (χ1v) is 7.53. The Hall–Kier alpha value is -0.330. The van der Waals surface area contributed by atoms with E-state index in [0.717, 1.165) is 6.42 Å². The number of hydrogen-bond acceptors (Lipinski definition) is 1. The van der Waals surface area contributed by atoms with Crippen LogP contribution >= 0.6 is 0 Å². The highest BCUT2D eigenvalue weighted by atomic mass is 16.1. The molecule has 0 aliphatic heterocycles. The van der Waals surface area contributed by atoms with Gasteiger partial charge in [0, 0.05) is 11.3 Å². The Kier molecular flexibility index (Phi) is 6.60. The maximum atomic E-state index is 12.5. The average Bonchev–Trinajstić information content (AvgIpc) is 2.19. The van der Waals surface area contributed by atoms with Gasteiger partial charge in [0.05, 0.1) is 0 Å². The molecule has 0 saturated carbocycles. The van der Waals surface area contributed by atoms with E-state index in [4.69, 9.17) is 0 Å². The summed E-state index contributed by atoms with van der Waals surface area (Å²) in [5.41, 5.74) is 0.104. The van der Waals surface area contributed by atoms with E-state index in [1.807, 2.05) is 20.8 Å². The minimum atomic E-state index is -0.207. The molecule has 0 fully saturated rings. The van der Waals surface area contributed by atoms with Crippen LogP contribution in [0.5, 0.6) is 0 Å². The molecule has 2 atom stereocenters. The van der Waals surface area contributed by atoms with Gasteiger partial charge in [0.15, 0.2) is 0 Å². The minimum Gasteiger partial charge on any atom is -0.299 e. The van der Waals surface area contributed by atoms with Crippen molar-refractivity contribution in [1.29, 1.82) is 0 Å². The normalized spacial score (nSPS) is 16.4. The maximum absolute atomic E-state index is 12.5. The van der Waals surface area contributed by atoms with Gasteiger partial charge in [-0.2, -0.15) is 0 Å². The molecule has 0 saturated heterocycles. The Labute approximate surface area is 115 Å². The predicted octanol–water partition coefficient (Wildman–Crippen LogP) is 5.48. The summed E-state index contributed by atoms with van der Waals surface area (Å²) in [4.78, 5) is 12.5. The molecule has 0 radical (unpaired) electrons. The largest absolute Gasteiger partial charge is 0.299 e. The van der Waals surface area contributed by atoms with Gasteiger partial charge in [-0.3, -0.25) is 4.79 Å². The molecule has 1 heteroatoms. The number of ketones is 1. The summed E-state index contributed by atoms with van der Waals surface area (Å²) in [7, 11) is 0. The smallest absolute Gasteiger partial charge is 0.141 e. The third kappa shape index (κ3) is 6.56. The van der Waals surface area contributed by atoms with Crippen molar-refractivity contribution in [3.8, 4) is 0 Å². The van der Waals surface area contributed by atoms with Crippen molar-refractivity contribution in [3.05, 3.63) is 0 Å². The van der Waals surface area contributed by atoms with Crippen LogP contribution in [0.4, 0.5) is 0 Å². The molecule has 0 heterocycles. The van der Waals surface area contributed by atoms with Gasteiger partial charge < -0.3 is 0 Å². The summed E-state index contributed by atoms with van der Waals surface area (Å²) in [6.45, 7) is 17.3. The number of Topliss-reactive ketones (excluding diaryl/α,β-unsaturated/α-hetero) is 1. The summed E-state index contributed by atoms with van der Waals surface area (Å²) < 4.78 is 0. The quantitative estimate of drug-likeness (QED) is 0.613. The average molecular weight is 254 g/mol. The molecular weight excluding hydrogens is 220 g/mol. The van der Waals surface area contributed by atoms with Gasteiger partial charge in [0.25, 0.3) is 0 Å². The Morgan fingerprint density at radius 3 is 1.89 bits per heavy atom. The van der Waals surface area contributed by atoms with Gasteiger partial charge in [0.1, 0.15) is 5.78 Å². The van der Waals surface area contributed by atoms with Crippen LogP contribution in [-0.2, 0) is 4.79 Å². The van der Waals surface area contributed by atoms with Crippen LogP contribution in [-0.4, -0.2) is 5.78 Å². The first-order chi connectivity index (χ1) is 7.99. The van der Waals surface area contributed by atoms with Gasteiger partial charge in [-0.15, -0.1) is 0 Å². The molecule has 0 bridgehead atoms. The van der Waals surface area contributed by atoms with Gasteiger partial charge in [-0.25, -0.2) is 0 Å². The van der Waals surface area contributed by atoms with Gasteiger partial charge in [-0.05, 0) is 24.2 Å².